The summed E-state index contributed by atoms with van der Waals surface area (Å²) < 4.78 is 25.1. The lowest BCUT2D eigenvalue weighted by Crippen LogP contribution is -2.39. The fraction of sp³-hybridized carbons (Fsp3) is 0.733. The van der Waals surface area contributed by atoms with E-state index in [9.17, 15) is 8.42 Å². The number of anilines is 1. The third kappa shape index (κ3) is 3.41. The average molecular weight is 324 g/mol. The van der Waals surface area contributed by atoms with Crippen LogP contribution in [0.4, 0.5) is 5.82 Å². The third-order valence-corrected chi connectivity index (χ3v) is 5.78. The predicted molar refractivity (Wildman–Crippen MR) is 86.6 cm³/mol. The van der Waals surface area contributed by atoms with Crippen LogP contribution in [0.25, 0.3) is 0 Å². The highest BCUT2D eigenvalue weighted by Gasteiger charge is 2.29. The third-order valence-electron chi connectivity index (χ3n) is 4.51. The van der Waals surface area contributed by atoms with Gasteiger partial charge in [-0.2, -0.15) is 0 Å². The van der Waals surface area contributed by atoms with Crippen LogP contribution < -0.4 is 4.90 Å². The second-order valence-electron chi connectivity index (χ2n) is 6.38. The topological polar surface area (TPSA) is 66.4 Å². The molecule has 2 aliphatic heterocycles. The molecular formula is C15H24N4O2S. The largest absolute Gasteiger partial charge is 0.357 e. The van der Waals surface area contributed by atoms with Crippen LogP contribution in [0.2, 0.25) is 0 Å². The Balaban J connectivity index is 1.84. The van der Waals surface area contributed by atoms with E-state index in [0.717, 1.165) is 43.3 Å². The molecule has 0 N–H and O–H groups in total. The maximum atomic E-state index is 11.8. The van der Waals surface area contributed by atoms with Crippen LogP contribution >= 0.6 is 0 Å². The second-order valence-corrected chi connectivity index (χ2v) is 8.36. The van der Waals surface area contributed by atoms with Gasteiger partial charge in [0.25, 0.3) is 0 Å². The fourth-order valence-corrected chi connectivity index (χ4v) is 4.23. The highest BCUT2D eigenvalue weighted by Crippen LogP contribution is 2.28. The van der Waals surface area contributed by atoms with Crippen LogP contribution in [0, 0.1) is 6.92 Å². The number of piperidine rings is 1. The van der Waals surface area contributed by atoms with E-state index in [2.05, 4.69) is 9.88 Å². The lowest BCUT2D eigenvalue weighted by molar-refractivity contribution is 0.311. The van der Waals surface area contributed by atoms with Gasteiger partial charge in [0.05, 0.1) is 6.26 Å². The molecule has 0 aliphatic carbocycles. The number of rotatable bonds is 3. The summed E-state index contributed by atoms with van der Waals surface area (Å²) in [5.41, 5.74) is 0.961. The fourth-order valence-electron chi connectivity index (χ4n) is 3.32. The van der Waals surface area contributed by atoms with Gasteiger partial charge in [-0.05, 0) is 32.6 Å². The van der Waals surface area contributed by atoms with Gasteiger partial charge >= 0.3 is 0 Å². The van der Waals surface area contributed by atoms with Gasteiger partial charge in [-0.3, -0.25) is 0 Å². The maximum absolute atomic E-state index is 11.8. The van der Waals surface area contributed by atoms with Crippen LogP contribution in [-0.4, -0.2) is 55.1 Å². The van der Waals surface area contributed by atoms with E-state index in [1.54, 1.807) is 4.31 Å². The first-order chi connectivity index (χ1) is 10.4. The minimum Gasteiger partial charge on any atom is -0.357 e. The molecule has 0 radical (unpaired) electrons. The van der Waals surface area contributed by atoms with Gasteiger partial charge in [-0.1, -0.05) is 0 Å². The first-order valence-corrected chi connectivity index (χ1v) is 9.84. The van der Waals surface area contributed by atoms with Crippen molar-refractivity contribution >= 4 is 15.8 Å². The lowest BCUT2D eigenvalue weighted by atomic mass is 9.98. The first-order valence-electron chi connectivity index (χ1n) is 7.99. The van der Waals surface area contributed by atoms with Crippen LogP contribution in [0.15, 0.2) is 6.07 Å². The molecule has 0 bridgehead atoms. The van der Waals surface area contributed by atoms with Crippen LogP contribution in [0.5, 0.6) is 0 Å². The number of hydrogen-bond acceptors (Lipinski definition) is 5. The molecule has 122 valence electrons. The number of nitrogens with zero attached hydrogens (tertiary/aromatic N) is 4. The van der Waals surface area contributed by atoms with Gasteiger partial charge < -0.3 is 4.90 Å². The van der Waals surface area contributed by atoms with Crippen molar-refractivity contribution in [2.24, 2.45) is 0 Å². The number of aryl methyl sites for hydroxylation is 1. The van der Waals surface area contributed by atoms with E-state index in [1.165, 1.54) is 19.1 Å². The first kappa shape index (κ1) is 15.7. The lowest BCUT2D eigenvalue weighted by Gasteiger charge is -2.30. The zero-order chi connectivity index (χ0) is 15.7. The smallest absolute Gasteiger partial charge is 0.211 e. The highest BCUT2D eigenvalue weighted by molar-refractivity contribution is 7.88. The van der Waals surface area contributed by atoms with Crippen molar-refractivity contribution in [3.63, 3.8) is 0 Å². The molecule has 0 spiro atoms. The van der Waals surface area contributed by atoms with Gasteiger partial charge in [0, 0.05) is 43.9 Å². The van der Waals surface area contributed by atoms with Gasteiger partial charge in [0.2, 0.25) is 10.0 Å². The number of hydrogen-bond donors (Lipinski definition) is 0. The average Bonchev–Trinajstić information content (AvgIpc) is 3.00. The summed E-state index contributed by atoms with van der Waals surface area (Å²) in [7, 11) is -3.14. The molecule has 1 aromatic heterocycles. The summed E-state index contributed by atoms with van der Waals surface area (Å²) >= 11 is 0. The Morgan fingerprint density at radius 3 is 2.55 bits per heavy atom. The Morgan fingerprint density at radius 1 is 1.14 bits per heavy atom. The molecular weight excluding hydrogens is 300 g/mol. The summed E-state index contributed by atoms with van der Waals surface area (Å²) in [6.07, 6.45) is 5.53. The van der Waals surface area contributed by atoms with E-state index in [-0.39, 0.29) is 5.92 Å². The Labute approximate surface area is 132 Å². The monoisotopic (exact) mass is 324 g/mol. The minimum atomic E-state index is -3.14. The molecule has 3 heterocycles. The standard InChI is InChI=1S/C15H24N4O2S/c1-12-10-14(18-7-3-4-8-18)17-15(16-12)13-6-5-9-19(11-13)22(2,20)21/h10,13H,3-9,11H2,1-2H3. The summed E-state index contributed by atoms with van der Waals surface area (Å²) in [4.78, 5) is 11.6. The minimum absolute atomic E-state index is 0.102. The molecule has 22 heavy (non-hydrogen) atoms. The molecule has 1 aromatic rings. The summed E-state index contributed by atoms with van der Waals surface area (Å²) in [5, 5.41) is 0. The van der Waals surface area contributed by atoms with Crippen molar-refractivity contribution in [3.05, 3.63) is 17.6 Å². The van der Waals surface area contributed by atoms with Crippen molar-refractivity contribution < 1.29 is 8.42 Å². The van der Waals surface area contributed by atoms with Gasteiger partial charge in [0.15, 0.2) is 0 Å². The number of sulfonamides is 1. The molecule has 1 atom stereocenters. The van der Waals surface area contributed by atoms with Crippen molar-refractivity contribution in [3.8, 4) is 0 Å². The molecule has 7 heteroatoms. The highest BCUT2D eigenvalue weighted by atomic mass is 32.2. The van der Waals surface area contributed by atoms with Crippen molar-refractivity contribution in [1.82, 2.24) is 14.3 Å². The van der Waals surface area contributed by atoms with Crippen molar-refractivity contribution in [2.75, 3.05) is 37.3 Å². The van der Waals surface area contributed by atoms with Crippen molar-refractivity contribution in [2.45, 2.75) is 38.5 Å². The summed E-state index contributed by atoms with van der Waals surface area (Å²) in [6, 6.07) is 2.03. The molecule has 3 rings (SSSR count). The second kappa shape index (κ2) is 6.12. The van der Waals surface area contributed by atoms with Crippen molar-refractivity contribution in [1.29, 1.82) is 0 Å². The van der Waals surface area contributed by atoms with E-state index >= 15 is 0 Å². The zero-order valence-corrected chi connectivity index (χ0v) is 14.1. The molecule has 2 fully saturated rings. The van der Waals surface area contributed by atoms with E-state index in [0.29, 0.717) is 13.1 Å². The van der Waals surface area contributed by atoms with Crippen LogP contribution in [-0.2, 0) is 10.0 Å². The zero-order valence-electron chi connectivity index (χ0n) is 13.3. The molecule has 2 aliphatic rings. The number of aromatic nitrogens is 2. The predicted octanol–water partition coefficient (Wildman–Crippen LogP) is 1.52. The van der Waals surface area contributed by atoms with Crippen LogP contribution in [0.3, 0.4) is 0 Å². The quantitative estimate of drug-likeness (QED) is 0.843. The molecule has 2 saturated heterocycles. The van der Waals surface area contributed by atoms with Gasteiger partial charge in [-0.25, -0.2) is 22.7 Å². The van der Waals surface area contributed by atoms with Gasteiger partial charge in [-0.15, -0.1) is 0 Å². The summed E-state index contributed by atoms with van der Waals surface area (Å²) in [6.45, 7) is 5.20. The van der Waals surface area contributed by atoms with E-state index in [1.807, 2.05) is 13.0 Å². The Morgan fingerprint density at radius 2 is 1.86 bits per heavy atom. The molecule has 0 amide bonds. The Hall–Kier alpha value is -1.21. The maximum Gasteiger partial charge on any atom is 0.211 e. The molecule has 0 aromatic carbocycles. The molecule has 1 unspecified atom stereocenters. The van der Waals surface area contributed by atoms with E-state index in [4.69, 9.17) is 4.98 Å². The van der Waals surface area contributed by atoms with Gasteiger partial charge in [0.1, 0.15) is 11.6 Å². The normalized spacial score (nSPS) is 23.9. The summed E-state index contributed by atoms with van der Waals surface area (Å²) in [5.74, 6) is 1.90. The Kier molecular flexibility index (Phi) is 4.36. The van der Waals surface area contributed by atoms with E-state index < -0.39 is 10.0 Å². The van der Waals surface area contributed by atoms with Crippen LogP contribution in [0.1, 0.15) is 43.1 Å². The molecule has 6 nitrogen and oxygen atoms in total. The Bertz CT molecular complexity index is 641. The molecule has 0 saturated carbocycles. The SMILES string of the molecule is Cc1cc(N2CCCC2)nc(C2CCCN(S(C)(=O)=O)C2)n1.